The van der Waals surface area contributed by atoms with E-state index in [-0.39, 0.29) is 17.9 Å². The van der Waals surface area contributed by atoms with Gasteiger partial charge in [0.25, 0.3) is 0 Å². The Kier molecular flexibility index (Phi) is 6.53. The largest absolute Gasteiger partial charge is 0.444 e. The average Bonchev–Trinajstić information content (AvgIpc) is 3.25. The van der Waals surface area contributed by atoms with Crippen molar-refractivity contribution in [2.45, 2.75) is 64.6 Å². The van der Waals surface area contributed by atoms with Crippen LogP contribution >= 0.6 is 0 Å². The number of nitrogens with one attached hydrogen (secondary N) is 1. The van der Waals surface area contributed by atoms with Crippen molar-refractivity contribution in [1.29, 1.82) is 0 Å². The number of urea groups is 1. The Morgan fingerprint density at radius 1 is 0.917 bits per heavy atom. The van der Waals surface area contributed by atoms with Gasteiger partial charge in [-0.1, -0.05) is 12.1 Å². The van der Waals surface area contributed by atoms with Crippen molar-refractivity contribution in [3.8, 4) is 0 Å². The van der Waals surface area contributed by atoms with Gasteiger partial charge < -0.3 is 24.8 Å². The highest BCUT2D eigenvalue weighted by atomic mass is 19.1. The van der Waals surface area contributed by atoms with Crippen molar-refractivity contribution in [2.24, 2.45) is 0 Å². The first-order valence-electron chi connectivity index (χ1n) is 12.9. The van der Waals surface area contributed by atoms with Crippen LogP contribution in [0.2, 0.25) is 0 Å². The van der Waals surface area contributed by atoms with Gasteiger partial charge in [-0.25, -0.2) is 14.0 Å². The minimum absolute atomic E-state index is 0.110. The molecule has 0 radical (unpaired) electrons. The van der Waals surface area contributed by atoms with Crippen molar-refractivity contribution < 1.29 is 18.7 Å². The van der Waals surface area contributed by atoms with Crippen LogP contribution in [0.15, 0.2) is 36.4 Å². The fourth-order valence-corrected chi connectivity index (χ4v) is 5.46. The molecule has 36 heavy (non-hydrogen) atoms. The summed E-state index contributed by atoms with van der Waals surface area (Å²) >= 11 is 0. The third-order valence-electron chi connectivity index (χ3n) is 7.29. The number of carbonyl (C=O) groups excluding carboxylic acids is 2. The molecule has 0 aromatic heterocycles. The van der Waals surface area contributed by atoms with E-state index in [9.17, 15) is 14.0 Å². The molecule has 3 aliphatic rings. The molecule has 0 saturated carbocycles. The van der Waals surface area contributed by atoms with E-state index in [0.29, 0.717) is 32.2 Å². The highest BCUT2D eigenvalue weighted by molar-refractivity contribution is 5.89. The van der Waals surface area contributed by atoms with Crippen molar-refractivity contribution in [3.05, 3.63) is 58.9 Å². The maximum atomic E-state index is 13.8. The molecule has 2 aromatic carbocycles. The quantitative estimate of drug-likeness (QED) is 0.625. The Bertz CT molecular complexity index is 1150. The first-order chi connectivity index (χ1) is 17.2. The van der Waals surface area contributed by atoms with Gasteiger partial charge >= 0.3 is 12.1 Å². The highest BCUT2D eigenvalue weighted by Gasteiger charge is 2.31. The van der Waals surface area contributed by atoms with Crippen LogP contribution in [0.5, 0.6) is 0 Å². The summed E-state index contributed by atoms with van der Waals surface area (Å²) in [5, 5.41) is 3.04. The van der Waals surface area contributed by atoms with Gasteiger partial charge in [-0.15, -0.1) is 0 Å². The Morgan fingerprint density at radius 2 is 1.64 bits per heavy atom. The number of fused-ring (bicyclic) bond motifs is 2. The van der Waals surface area contributed by atoms with Gasteiger partial charge in [-0.3, -0.25) is 0 Å². The summed E-state index contributed by atoms with van der Waals surface area (Å²) in [5.41, 5.74) is 4.63. The van der Waals surface area contributed by atoms with E-state index in [4.69, 9.17) is 4.74 Å². The lowest BCUT2D eigenvalue weighted by Gasteiger charge is -2.38. The van der Waals surface area contributed by atoms with Crippen LogP contribution in [-0.4, -0.2) is 59.7 Å². The molecule has 1 fully saturated rings. The van der Waals surface area contributed by atoms with Gasteiger partial charge in [-0.2, -0.15) is 0 Å². The zero-order chi connectivity index (χ0) is 25.4. The van der Waals surface area contributed by atoms with Gasteiger partial charge in [0.1, 0.15) is 11.4 Å². The standard InChI is InChI=1S/C28H35FN4O3/c1-28(2,3)36-27(35)32-12-8-19-5-7-23(16-21(19)18-32)30-26(34)31-13-10-24(11-14-31)33-15-9-20-4-6-22(29)17-25(20)33/h4-7,16-17,24H,8-15,18H2,1-3H3,(H,30,34). The number of hydrogen-bond acceptors (Lipinski definition) is 4. The van der Waals surface area contributed by atoms with Gasteiger partial charge in [-0.05, 0) is 87.4 Å². The second kappa shape index (κ2) is 9.64. The molecule has 1 N–H and O–H groups in total. The molecule has 0 atom stereocenters. The van der Waals surface area contributed by atoms with Gasteiger partial charge in [0.05, 0.1) is 0 Å². The predicted octanol–water partition coefficient (Wildman–Crippen LogP) is 5.18. The van der Waals surface area contributed by atoms with E-state index >= 15 is 0 Å². The lowest BCUT2D eigenvalue weighted by Crippen LogP contribution is -2.47. The number of halogens is 1. The number of anilines is 2. The van der Waals surface area contributed by atoms with Crippen LogP contribution in [0, 0.1) is 5.82 Å². The van der Waals surface area contributed by atoms with Crippen molar-refractivity contribution in [1.82, 2.24) is 9.80 Å². The number of rotatable bonds is 2. The van der Waals surface area contributed by atoms with Crippen molar-refractivity contribution >= 4 is 23.5 Å². The molecule has 0 aliphatic carbocycles. The first kappa shape index (κ1) is 24.4. The van der Waals surface area contributed by atoms with Crippen LogP contribution in [0.3, 0.4) is 0 Å². The maximum Gasteiger partial charge on any atom is 0.410 e. The fraction of sp³-hybridized carbons (Fsp3) is 0.500. The Morgan fingerprint density at radius 3 is 2.39 bits per heavy atom. The molecular formula is C28H35FN4O3. The molecular weight excluding hydrogens is 459 g/mol. The van der Waals surface area contributed by atoms with Crippen LogP contribution in [0.1, 0.15) is 50.3 Å². The summed E-state index contributed by atoms with van der Waals surface area (Å²) in [6.07, 6.45) is 3.12. The normalized spacial score (nSPS) is 18.1. The monoisotopic (exact) mass is 494 g/mol. The first-order valence-corrected chi connectivity index (χ1v) is 12.9. The van der Waals surface area contributed by atoms with Gasteiger partial charge in [0.2, 0.25) is 0 Å². The summed E-state index contributed by atoms with van der Waals surface area (Å²) in [5.74, 6) is -0.197. The number of piperidine rings is 1. The van der Waals surface area contributed by atoms with E-state index < -0.39 is 5.60 Å². The lowest BCUT2D eigenvalue weighted by molar-refractivity contribution is 0.0224. The minimum atomic E-state index is -0.533. The molecule has 8 heteroatoms. The average molecular weight is 495 g/mol. The molecule has 3 amide bonds. The smallest absolute Gasteiger partial charge is 0.410 e. The summed E-state index contributed by atoms with van der Waals surface area (Å²) in [6, 6.07) is 11.2. The second-order valence-corrected chi connectivity index (χ2v) is 11.0. The van der Waals surface area contributed by atoms with Crippen molar-refractivity contribution in [2.75, 3.05) is 36.4 Å². The van der Waals surface area contributed by atoms with Crippen LogP contribution in [0.25, 0.3) is 0 Å². The number of nitrogens with zero attached hydrogens (tertiary/aromatic N) is 3. The van der Waals surface area contributed by atoms with E-state index in [1.54, 1.807) is 11.0 Å². The van der Waals surface area contributed by atoms with Gasteiger partial charge in [0.15, 0.2) is 0 Å². The zero-order valence-corrected chi connectivity index (χ0v) is 21.3. The molecule has 1 saturated heterocycles. The predicted molar refractivity (Wildman–Crippen MR) is 138 cm³/mol. The SMILES string of the molecule is CC(C)(C)OC(=O)N1CCc2ccc(NC(=O)N3CCC(N4CCc5ccc(F)cc54)CC3)cc2C1. The third-order valence-corrected chi connectivity index (χ3v) is 7.29. The molecule has 192 valence electrons. The number of ether oxygens (including phenoxy) is 1. The molecule has 0 unspecified atom stereocenters. The number of likely N-dealkylation sites (tertiary alicyclic amines) is 1. The highest BCUT2D eigenvalue weighted by Crippen LogP contribution is 2.33. The summed E-state index contributed by atoms with van der Waals surface area (Å²) in [4.78, 5) is 31.4. The molecule has 5 rings (SSSR count). The molecule has 7 nitrogen and oxygen atoms in total. The number of hydrogen-bond donors (Lipinski definition) is 1. The van der Waals surface area contributed by atoms with Crippen LogP contribution in [0.4, 0.5) is 25.4 Å². The third kappa shape index (κ3) is 5.27. The molecule has 3 heterocycles. The summed E-state index contributed by atoms with van der Waals surface area (Å²) in [6.45, 7) is 8.91. The van der Waals surface area contributed by atoms with Crippen molar-refractivity contribution in [3.63, 3.8) is 0 Å². The summed E-state index contributed by atoms with van der Waals surface area (Å²) < 4.78 is 19.3. The van der Waals surface area contributed by atoms with E-state index in [0.717, 1.165) is 49.2 Å². The van der Waals surface area contributed by atoms with Gasteiger partial charge in [0, 0.05) is 50.1 Å². The molecule has 3 aliphatic heterocycles. The van der Waals surface area contributed by atoms with Crippen LogP contribution in [-0.2, 0) is 24.1 Å². The Balaban J connectivity index is 1.17. The Labute approximate surface area is 212 Å². The fourth-order valence-electron chi connectivity index (χ4n) is 5.46. The molecule has 2 aromatic rings. The van der Waals surface area contributed by atoms with E-state index in [2.05, 4.69) is 10.2 Å². The second-order valence-electron chi connectivity index (χ2n) is 11.0. The maximum absolute atomic E-state index is 13.8. The Hall–Kier alpha value is -3.29. The molecule has 0 bridgehead atoms. The molecule has 0 spiro atoms. The topological polar surface area (TPSA) is 65.1 Å². The minimum Gasteiger partial charge on any atom is -0.444 e. The number of benzene rings is 2. The number of amides is 3. The number of carbonyl (C=O) groups is 2. The van der Waals surface area contributed by atoms with Crippen LogP contribution < -0.4 is 10.2 Å². The van der Waals surface area contributed by atoms with E-state index in [1.807, 2.05) is 49.9 Å². The lowest BCUT2D eigenvalue weighted by atomic mass is 9.99. The zero-order valence-electron chi connectivity index (χ0n) is 21.3. The summed E-state index contributed by atoms with van der Waals surface area (Å²) in [7, 11) is 0. The van der Waals surface area contributed by atoms with E-state index in [1.165, 1.54) is 17.2 Å².